The zero-order valence-corrected chi connectivity index (χ0v) is 31.8. The smallest absolute Gasteiger partial charge is 0.199 e. The molecule has 0 spiro atoms. The summed E-state index contributed by atoms with van der Waals surface area (Å²) in [4.78, 5) is 26.8. The predicted octanol–water partition coefficient (Wildman–Crippen LogP) is 7.91. The van der Waals surface area contributed by atoms with Crippen molar-refractivity contribution in [2.24, 2.45) is 20.8 Å². The first-order valence-corrected chi connectivity index (χ1v) is 17.0. The van der Waals surface area contributed by atoms with Crippen molar-refractivity contribution in [3.05, 3.63) is 107 Å². The standard InChI is InChI=1S/C21H28O4.C20H25N3O2.Co/c1-19(2,3)17-12-15(14-8-10-16(24-7)11-9-14)13-21(25-23,18(17)22)20(4,5)6;24-19-9-3-1-7-17(19)15-22-13-5-11-21-12-6-14-23-16-18-8-2-4-10-20(18)25;/h8-13,23H,1-7H3;1-4,7-10,15-16,21,24-25H,5-6,11-14H2;. The molecule has 4 rings (SSSR count). The number of carbonyl (C=O) groups is 1. The number of ketones is 1. The van der Waals surface area contributed by atoms with Gasteiger partial charge in [-0.25, -0.2) is 4.89 Å². The molecule has 277 valence electrons. The monoisotopic (exact) mass is 742 g/mol. The largest absolute Gasteiger partial charge is 0.507 e. The van der Waals surface area contributed by atoms with E-state index >= 15 is 0 Å². The normalized spacial score (nSPS) is 16.3. The molecule has 1 radical (unpaired) electrons. The molecule has 1 aliphatic carbocycles. The van der Waals surface area contributed by atoms with Crippen LogP contribution in [0.25, 0.3) is 5.57 Å². The fourth-order valence-corrected chi connectivity index (χ4v) is 5.25. The van der Waals surface area contributed by atoms with Crippen LogP contribution in [0.3, 0.4) is 0 Å². The number of benzene rings is 3. The predicted molar refractivity (Wildman–Crippen MR) is 203 cm³/mol. The number of aliphatic imine (C=N–C) groups is 2. The van der Waals surface area contributed by atoms with Gasteiger partial charge in [0, 0.05) is 64.4 Å². The third-order valence-corrected chi connectivity index (χ3v) is 8.35. The Hall–Kier alpha value is -4.06. The second kappa shape index (κ2) is 20.1. The van der Waals surface area contributed by atoms with Crippen LogP contribution < -0.4 is 10.1 Å². The molecule has 0 bridgehead atoms. The Morgan fingerprint density at radius 3 is 1.69 bits per heavy atom. The first-order chi connectivity index (χ1) is 23.7. The van der Waals surface area contributed by atoms with Crippen LogP contribution in [0.5, 0.6) is 17.2 Å². The topological polar surface area (TPSA) is 133 Å². The fraction of sp³-hybridized carbons (Fsp3) is 0.390. The second-order valence-corrected chi connectivity index (χ2v) is 14.2. The average molecular weight is 743 g/mol. The maximum Gasteiger partial charge on any atom is 0.199 e. The van der Waals surface area contributed by atoms with Crippen molar-refractivity contribution in [2.45, 2.75) is 60.0 Å². The molecular formula is C41H53CoN3O6. The molecule has 3 aromatic carbocycles. The van der Waals surface area contributed by atoms with Gasteiger partial charge in [0.2, 0.25) is 0 Å². The van der Waals surface area contributed by atoms with Gasteiger partial charge in [-0.15, -0.1) is 0 Å². The van der Waals surface area contributed by atoms with Gasteiger partial charge in [-0.1, -0.05) is 77.9 Å². The van der Waals surface area contributed by atoms with Crippen molar-refractivity contribution >= 4 is 23.8 Å². The summed E-state index contributed by atoms with van der Waals surface area (Å²) >= 11 is 0. The summed E-state index contributed by atoms with van der Waals surface area (Å²) in [6.45, 7) is 14.9. The van der Waals surface area contributed by atoms with E-state index < -0.39 is 11.0 Å². The zero-order chi connectivity index (χ0) is 36.8. The van der Waals surface area contributed by atoms with Crippen LogP contribution in [-0.4, -0.2) is 72.6 Å². The van der Waals surface area contributed by atoms with E-state index in [1.165, 1.54) is 0 Å². The number of Topliss-reactive ketones (excluding diaryl/α,β-unsaturated/α-hetero) is 1. The summed E-state index contributed by atoms with van der Waals surface area (Å²) in [5.74, 6) is 1.08. The average Bonchev–Trinajstić information content (AvgIpc) is 3.08. The van der Waals surface area contributed by atoms with Gasteiger partial charge in [-0.05, 0) is 91.0 Å². The summed E-state index contributed by atoms with van der Waals surface area (Å²) < 4.78 is 5.21. The molecule has 9 nitrogen and oxygen atoms in total. The summed E-state index contributed by atoms with van der Waals surface area (Å²) in [6, 6.07) is 21.9. The molecule has 51 heavy (non-hydrogen) atoms. The number of nitrogens with zero attached hydrogens (tertiary/aromatic N) is 2. The number of ether oxygens (including phenoxy) is 1. The minimum Gasteiger partial charge on any atom is -0.507 e. The molecule has 0 amide bonds. The number of aromatic hydroxyl groups is 2. The van der Waals surface area contributed by atoms with Crippen LogP contribution in [0.15, 0.2) is 101 Å². The molecule has 10 heteroatoms. The van der Waals surface area contributed by atoms with Gasteiger partial charge in [-0.2, -0.15) is 0 Å². The maximum absolute atomic E-state index is 13.2. The molecule has 4 N–H and O–H groups in total. The number of para-hydroxylation sites is 2. The number of phenolic OH excluding ortho intramolecular Hbond substituents is 2. The van der Waals surface area contributed by atoms with Gasteiger partial charge < -0.3 is 20.3 Å². The van der Waals surface area contributed by atoms with Crippen molar-refractivity contribution in [1.29, 1.82) is 0 Å². The molecule has 3 aromatic rings. The quantitative estimate of drug-likeness (QED) is 0.0606. The Morgan fingerprint density at radius 2 is 1.27 bits per heavy atom. The Kier molecular flexibility index (Phi) is 17.0. The number of phenols is 2. The van der Waals surface area contributed by atoms with Crippen LogP contribution >= 0.6 is 0 Å². The minimum absolute atomic E-state index is 0. The summed E-state index contributed by atoms with van der Waals surface area (Å²) in [7, 11) is 1.62. The van der Waals surface area contributed by atoms with Crippen molar-refractivity contribution in [1.82, 2.24) is 5.32 Å². The molecule has 0 saturated heterocycles. The third-order valence-electron chi connectivity index (χ3n) is 8.35. The number of nitrogens with one attached hydrogen (secondary N) is 1. The molecule has 0 aliphatic heterocycles. The van der Waals surface area contributed by atoms with E-state index in [2.05, 4.69) is 15.3 Å². The van der Waals surface area contributed by atoms with Crippen molar-refractivity contribution in [3.63, 3.8) is 0 Å². The van der Waals surface area contributed by atoms with Gasteiger partial charge >= 0.3 is 0 Å². The number of allylic oxidation sites excluding steroid dienone is 2. The maximum atomic E-state index is 13.2. The van der Waals surface area contributed by atoms with Gasteiger partial charge in [-0.3, -0.25) is 20.0 Å². The molecule has 0 fully saturated rings. The van der Waals surface area contributed by atoms with Gasteiger partial charge in [0.05, 0.1) is 7.11 Å². The molecule has 1 unspecified atom stereocenters. The number of carbonyl (C=O) groups excluding carboxylic acids is 1. The van der Waals surface area contributed by atoms with Crippen molar-refractivity contribution in [2.75, 3.05) is 33.3 Å². The van der Waals surface area contributed by atoms with E-state index in [0.717, 1.165) is 67.0 Å². The molecule has 0 aromatic heterocycles. The SMILES string of the molecule is COc1ccc(C2=CC(OO)(C(C)(C)C)C(=O)C(C(C)(C)C)=C2)cc1.Oc1ccccc1C=NCCCNCCCN=Cc1ccccc1O.[Co]. The van der Waals surface area contributed by atoms with Crippen LogP contribution in [0.2, 0.25) is 0 Å². The van der Waals surface area contributed by atoms with Gasteiger partial charge in [0.25, 0.3) is 0 Å². The Bertz CT molecular complexity index is 1610. The number of hydrogen-bond donors (Lipinski definition) is 4. The third kappa shape index (κ3) is 12.3. The van der Waals surface area contributed by atoms with E-state index in [1.807, 2.05) is 96.1 Å². The number of hydrogen-bond acceptors (Lipinski definition) is 9. The number of methoxy groups -OCH3 is 1. The van der Waals surface area contributed by atoms with E-state index in [0.29, 0.717) is 5.57 Å². The first-order valence-electron chi connectivity index (χ1n) is 17.0. The zero-order valence-electron chi connectivity index (χ0n) is 30.8. The van der Waals surface area contributed by atoms with E-state index in [-0.39, 0.29) is 39.5 Å². The summed E-state index contributed by atoms with van der Waals surface area (Å²) in [6.07, 6.45) is 8.95. The molecule has 0 saturated carbocycles. The fourth-order valence-electron chi connectivity index (χ4n) is 5.25. The Morgan fingerprint density at radius 1 is 0.784 bits per heavy atom. The van der Waals surface area contributed by atoms with Crippen LogP contribution in [0, 0.1) is 10.8 Å². The molecule has 1 aliphatic rings. The number of rotatable bonds is 13. The minimum atomic E-state index is -1.43. The molecular weight excluding hydrogens is 689 g/mol. The van der Waals surface area contributed by atoms with Crippen molar-refractivity contribution in [3.8, 4) is 17.2 Å². The Labute approximate surface area is 313 Å². The second-order valence-electron chi connectivity index (χ2n) is 14.2. The van der Waals surface area contributed by atoms with Crippen LogP contribution in [-0.2, 0) is 26.5 Å². The van der Waals surface area contributed by atoms with Gasteiger partial charge in [0.15, 0.2) is 11.4 Å². The first kappa shape index (κ1) is 43.1. The van der Waals surface area contributed by atoms with E-state index in [9.17, 15) is 20.3 Å². The van der Waals surface area contributed by atoms with Gasteiger partial charge in [0.1, 0.15) is 17.2 Å². The van der Waals surface area contributed by atoms with Crippen LogP contribution in [0.4, 0.5) is 0 Å². The van der Waals surface area contributed by atoms with Crippen molar-refractivity contribution < 1.29 is 46.7 Å². The summed E-state index contributed by atoms with van der Waals surface area (Å²) in [5.41, 5.74) is 1.47. The van der Waals surface area contributed by atoms with E-state index in [1.54, 1.807) is 49.9 Å². The Balaban J connectivity index is 0.000000347. The summed E-state index contributed by atoms with van der Waals surface area (Å²) in [5, 5.41) is 32.4. The van der Waals surface area contributed by atoms with Crippen LogP contribution in [0.1, 0.15) is 71.1 Å². The van der Waals surface area contributed by atoms with E-state index in [4.69, 9.17) is 9.62 Å². The molecule has 1 atom stereocenters. The molecule has 0 heterocycles.